The van der Waals surface area contributed by atoms with Crippen molar-refractivity contribution in [2.45, 2.75) is 12.5 Å². The van der Waals surface area contributed by atoms with Crippen molar-refractivity contribution < 1.29 is 10.2 Å². The molecule has 0 bridgehead atoms. The van der Waals surface area contributed by atoms with Gasteiger partial charge in [0.25, 0.3) is 0 Å². The van der Waals surface area contributed by atoms with Crippen LogP contribution in [0.4, 0.5) is 0 Å². The Bertz CT molecular complexity index is 72.6. The number of terminal acetylenes is 1. The van der Waals surface area contributed by atoms with Gasteiger partial charge in [0.15, 0.2) is 0 Å². The first kappa shape index (κ1) is 6.48. The summed E-state index contributed by atoms with van der Waals surface area (Å²) >= 11 is 0. The van der Waals surface area contributed by atoms with Gasteiger partial charge in [0.1, 0.15) is 0 Å². The molecule has 1 atom stereocenters. The van der Waals surface area contributed by atoms with Crippen molar-refractivity contribution in [1.29, 1.82) is 0 Å². The molecule has 0 aliphatic carbocycles. The minimum Gasteiger partial charge on any atom is -0.394 e. The molecule has 0 aliphatic rings. The summed E-state index contributed by atoms with van der Waals surface area (Å²) in [6.07, 6.45) is 4.29. The molecule has 0 heterocycles. The highest BCUT2D eigenvalue weighted by Crippen LogP contribution is 1.83. The molecule has 0 saturated carbocycles. The van der Waals surface area contributed by atoms with Crippen LogP contribution in [-0.2, 0) is 0 Å². The predicted molar refractivity (Wildman–Crippen MR) is 26.5 cm³/mol. The zero-order valence-electron chi connectivity index (χ0n) is 3.96. The molecule has 0 radical (unpaired) electrons. The molecule has 7 heavy (non-hydrogen) atoms. The summed E-state index contributed by atoms with van der Waals surface area (Å²) in [6, 6.07) is 0. The number of aliphatic hydroxyl groups excluding tert-OH is 2. The minimum absolute atomic E-state index is 0.233. The summed E-state index contributed by atoms with van der Waals surface area (Å²) in [4.78, 5) is 0. The van der Waals surface area contributed by atoms with Gasteiger partial charge >= 0.3 is 0 Å². The van der Waals surface area contributed by atoms with Crippen molar-refractivity contribution in [3.05, 3.63) is 0 Å². The molecular weight excluding hydrogens is 92.1 g/mol. The molecule has 1 unspecified atom stereocenters. The van der Waals surface area contributed by atoms with E-state index in [0.29, 0.717) is 0 Å². The van der Waals surface area contributed by atoms with E-state index in [1.807, 2.05) is 0 Å². The summed E-state index contributed by atoms with van der Waals surface area (Å²) in [5.41, 5.74) is 0. The summed E-state index contributed by atoms with van der Waals surface area (Å²) in [6.45, 7) is -0.246. The molecule has 0 aromatic heterocycles. The van der Waals surface area contributed by atoms with Crippen LogP contribution in [0.25, 0.3) is 0 Å². The Hall–Kier alpha value is -0.520. The highest BCUT2D eigenvalue weighted by atomic mass is 16.3. The lowest BCUT2D eigenvalue weighted by Crippen LogP contribution is -2.09. The van der Waals surface area contributed by atoms with Gasteiger partial charge in [0.05, 0.1) is 12.7 Å². The van der Waals surface area contributed by atoms with Gasteiger partial charge in [-0.3, -0.25) is 0 Å². The lowest BCUT2D eigenvalue weighted by atomic mass is 10.3. The average molecular weight is 100 g/mol. The van der Waals surface area contributed by atoms with E-state index in [1.165, 1.54) is 0 Å². The van der Waals surface area contributed by atoms with Crippen LogP contribution in [0.2, 0.25) is 0 Å². The molecule has 0 aliphatic heterocycles. The number of hydrogen-bond donors (Lipinski definition) is 2. The van der Waals surface area contributed by atoms with Crippen LogP contribution in [0, 0.1) is 12.3 Å². The topological polar surface area (TPSA) is 40.5 Å². The van der Waals surface area contributed by atoms with E-state index in [0.717, 1.165) is 0 Å². The Morgan fingerprint density at radius 2 is 2.29 bits per heavy atom. The second kappa shape index (κ2) is 3.66. The van der Waals surface area contributed by atoms with E-state index < -0.39 is 6.10 Å². The smallest absolute Gasteiger partial charge is 0.0879 e. The third kappa shape index (κ3) is 3.31. The van der Waals surface area contributed by atoms with E-state index in [9.17, 15) is 0 Å². The van der Waals surface area contributed by atoms with E-state index >= 15 is 0 Å². The van der Waals surface area contributed by atoms with Crippen molar-refractivity contribution in [3.63, 3.8) is 0 Å². The molecule has 0 rings (SSSR count). The summed E-state index contributed by atoms with van der Waals surface area (Å²) in [5.74, 6) is 2.21. The average Bonchev–Trinajstić information content (AvgIpc) is 1.68. The van der Waals surface area contributed by atoms with Crippen LogP contribution in [0.3, 0.4) is 0 Å². The fourth-order valence-corrected chi connectivity index (χ4v) is 0.201. The monoisotopic (exact) mass is 100 g/mol. The van der Waals surface area contributed by atoms with E-state index in [1.54, 1.807) is 0 Å². The van der Waals surface area contributed by atoms with Crippen LogP contribution in [-0.4, -0.2) is 22.9 Å². The molecule has 0 fully saturated rings. The van der Waals surface area contributed by atoms with Crippen LogP contribution in [0.1, 0.15) is 6.42 Å². The van der Waals surface area contributed by atoms with Crippen LogP contribution in [0.15, 0.2) is 0 Å². The first-order chi connectivity index (χ1) is 3.31. The van der Waals surface area contributed by atoms with Crippen LogP contribution >= 0.6 is 0 Å². The molecule has 0 aromatic rings. The Balaban J connectivity index is 3.03. The van der Waals surface area contributed by atoms with Gasteiger partial charge in [0.2, 0.25) is 0 Å². The Labute approximate surface area is 42.8 Å². The van der Waals surface area contributed by atoms with Crippen molar-refractivity contribution in [2.75, 3.05) is 6.61 Å². The van der Waals surface area contributed by atoms with Crippen LogP contribution < -0.4 is 0 Å². The zero-order valence-corrected chi connectivity index (χ0v) is 3.96. The van der Waals surface area contributed by atoms with E-state index in [-0.39, 0.29) is 13.0 Å². The van der Waals surface area contributed by atoms with Gasteiger partial charge < -0.3 is 10.2 Å². The van der Waals surface area contributed by atoms with Crippen molar-refractivity contribution in [1.82, 2.24) is 0 Å². The maximum Gasteiger partial charge on any atom is 0.0879 e. The predicted octanol–water partition coefficient (Wildman–Crippen LogP) is -0.637. The maximum atomic E-state index is 8.47. The fourth-order valence-electron chi connectivity index (χ4n) is 0.201. The molecular formula is C5H8O2. The van der Waals surface area contributed by atoms with Crippen molar-refractivity contribution >= 4 is 0 Å². The molecule has 2 N–H and O–H groups in total. The zero-order chi connectivity index (χ0) is 5.70. The standard InChI is InChI=1S/C5H8O2/c1-2-3-5(7)4-6/h1,5-7H,3-4H2. The largest absolute Gasteiger partial charge is 0.394 e. The highest BCUT2D eigenvalue weighted by molar-refractivity contribution is 4.86. The second-order valence-electron chi connectivity index (χ2n) is 1.24. The number of rotatable bonds is 2. The lowest BCUT2D eigenvalue weighted by Gasteiger charge is -1.97. The molecule has 40 valence electrons. The highest BCUT2D eigenvalue weighted by Gasteiger charge is 1.94. The Morgan fingerprint density at radius 3 is 2.43 bits per heavy atom. The van der Waals surface area contributed by atoms with Gasteiger partial charge in [-0.2, -0.15) is 0 Å². The minimum atomic E-state index is -0.731. The molecule has 0 amide bonds. The first-order valence-corrected chi connectivity index (χ1v) is 2.03. The fraction of sp³-hybridized carbons (Fsp3) is 0.600. The lowest BCUT2D eigenvalue weighted by molar-refractivity contribution is 0.0993. The molecule has 2 nitrogen and oxygen atoms in total. The number of hydrogen-bond acceptors (Lipinski definition) is 2. The van der Waals surface area contributed by atoms with Gasteiger partial charge in [-0.1, -0.05) is 0 Å². The molecule has 0 saturated heterocycles. The maximum absolute atomic E-state index is 8.47. The van der Waals surface area contributed by atoms with Gasteiger partial charge in [-0.25, -0.2) is 0 Å². The Morgan fingerprint density at radius 1 is 1.71 bits per heavy atom. The second-order valence-corrected chi connectivity index (χ2v) is 1.24. The Kier molecular flexibility index (Phi) is 3.39. The van der Waals surface area contributed by atoms with E-state index in [2.05, 4.69) is 5.92 Å². The van der Waals surface area contributed by atoms with Gasteiger partial charge in [-0.05, 0) is 0 Å². The first-order valence-electron chi connectivity index (χ1n) is 2.03. The third-order valence-corrected chi connectivity index (χ3v) is 0.564. The van der Waals surface area contributed by atoms with Crippen molar-refractivity contribution in [2.24, 2.45) is 0 Å². The summed E-state index contributed by atoms with van der Waals surface area (Å²) in [5, 5.41) is 16.6. The molecule has 0 aromatic carbocycles. The summed E-state index contributed by atoms with van der Waals surface area (Å²) in [7, 11) is 0. The molecule has 2 heteroatoms. The summed E-state index contributed by atoms with van der Waals surface area (Å²) < 4.78 is 0. The number of aliphatic hydroxyl groups is 2. The van der Waals surface area contributed by atoms with Gasteiger partial charge in [0, 0.05) is 6.42 Å². The van der Waals surface area contributed by atoms with E-state index in [4.69, 9.17) is 16.6 Å². The third-order valence-electron chi connectivity index (χ3n) is 0.564. The SMILES string of the molecule is C#CCC(O)CO. The van der Waals surface area contributed by atoms with Crippen LogP contribution in [0.5, 0.6) is 0 Å². The molecule has 0 spiro atoms. The van der Waals surface area contributed by atoms with Crippen molar-refractivity contribution in [3.8, 4) is 12.3 Å². The normalized spacial score (nSPS) is 12.7. The quantitative estimate of drug-likeness (QED) is 0.453. The van der Waals surface area contributed by atoms with Gasteiger partial charge in [-0.15, -0.1) is 12.3 Å².